The molecule has 0 aliphatic carbocycles. The number of aromatic nitrogens is 3. The Morgan fingerprint density at radius 1 is 0.629 bits per heavy atom. The quantitative estimate of drug-likeness (QED) is 0.216. The first-order valence-corrected chi connectivity index (χ1v) is 12.6. The number of benzene rings is 3. The first-order valence-electron chi connectivity index (χ1n) is 12.6. The van der Waals surface area contributed by atoms with E-state index in [1.807, 2.05) is 72.8 Å². The van der Waals surface area contributed by atoms with Gasteiger partial charge in [-0.05, 0) is 18.6 Å². The minimum atomic E-state index is 0.0892. The molecule has 1 aromatic heterocycles. The van der Waals surface area contributed by atoms with Gasteiger partial charge in [0, 0.05) is 17.2 Å². The lowest BCUT2D eigenvalue weighted by atomic mass is 10.1. The van der Waals surface area contributed by atoms with E-state index in [9.17, 15) is 5.11 Å². The Balaban J connectivity index is 1.51. The molecule has 0 saturated carbocycles. The van der Waals surface area contributed by atoms with E-state index in [1.54, 1.807) is 6.07 Å². The van der Waals surface area contributed by atoms with Gasteiger partial charge in [-0.25, -0.2) is 15.0 Å². The lowest BCUT2D eigenvalue weighted by Gasteiger charge is -2.11. The summed E-state index contributed by atoms with van der Waals surface area (Å²) in [6, 6.07) is 24.9. The minimum absolute atomic E-state index is 0.0892. The molecule has 0 aliphatic heterocycles. The summed E-state index contributed by atoms with van der Waals surface area (Å²) in [6.07, 6.45) is 8.65. The summed E-state index contributed by atoms with van der Waals surface area (Å²) < 4.78 is 5.88. The molecule has 0 saturated heterocycles. The normalized spacial score (nSPS) is 10.9. The summed E-state index contributed by atoms with van der Waals surface area (Å²) in [5.41, 5.74) is 2.33. The van der Waals surface area contributed by atoms with Crippen LogP contribution in [-0.2, 0) is 0 Å². The van der Waals surface area contributed by atoms with Gasteiger partial charge in [0.2, 0.25) is 0 Å². The summed E-state index contributed by atoms with van der Waals surface area (Å²) in [7, 11) is 0. The summed E-state index contributed by atoms with van der Waals surface area (Å²) >= 11 is 0. The van der Waals surface area contributed by atoms with Crippen LogP contribution in [0.3, 0.4) is 0 Å². The number of phenolic OH excluding ortho intramolecular Hbond substituents is 1. The molecule has 0 amide bonds. The average Bonchev–Trinajstić information content (AvgIpc) is 2.91. The van der Waals surface area contributed by atoms with Crippen molar-refractivity contribution in [2.24, 2.45) is 0 Å². The third-order valence-electron chi connectivity index (χ3n) is 5.93. The van der Waals surface area contributed by atoms with Crippen molar-refractivity contribution in [2.75, 3.05) is 6.61 Å². The summed E-state index contributed by atoms with van der Waals surface area (Å²) in [6.45, 7) is 2.88. The average molecular weight is 468 g/mol. The lowest BCUT2D eigenvalue weighted by molar-refractivity contribution is 0.303. The number of aromatic hydroxyl groups is 1. The second-order valence-corrected chi connectivity index (χ2v) is 8.69. The van der Waals surface area contributed by atoms with Crippen molar-refractivity contribution < 1.29 is 9.84 Å². The molecule has 35 heavy (non-hydrogen) atoms. The zero-order valence-electron chi connectivity index (χ0n) is 20.4. The van der Waals surface area contributed by atoms with Crippen LogP contribution >= 0.6 is 0 Å². The monoisotopic (exact) mass is 467 g/mol. The number of ether oxygens (including phenoxy) is 1. The van der Waals surface area contributed by atoms with Gasteiger partial charge in [0.05, 0.1) is 12.2 Å². The second-order valence-electron chi connectivity index (χ2n) is 8.69. The summed E-state index contributed by atoms with van der Waals surface area (Å²) in [4.78, 5) is 14.1. The van der Waals surface area contributed by atoms with Gasteiger partial charge in [0.25, 0.3) is 0 Å². The van der Waals surface area contributed by atoms with Crippen LogP contribution in [0.4, 0.5) is 0 Å². The Morgan fingerprint density at radius 3 is 1.74 bits per heavy atom. The van der Waals surface area contributed by atoms with Crippen molar-refractivity contribution in [1.82, 2.24) is 15.0 Å². The molecular weight excluding hydrogens is 434 g/mol. The number of rotatable bonds is 12. The van der Waals surface area contributed by atoms with E-state index in [0.29, 0.717) is 35.4 Å². The summed E-state index contributed by atoms with van der Waals surface area (Å²) in [5, 5.41) is 10.8. The Labute approximate surface area is 207 Å². The van der Waals surface area contributed by atoms with Crippen LogP contribution in [0.1, 0.15) is 51.9 Å². The highest BCUT2D eigenvalue weighted by molar-refractivity contribution is 5.70. The van der Waals surface area contributed by atoms with E-state index in [1.165, 1.54) is 38.5 Å². The van der Waals surface area contributed by atoms with Crippen LogP contribution in [0.5, 0.6) is 11.5 Å². The van der Waals surface area contributed by atoms with Crippen molar-refractivity contribution >= 4 is 0 Å². The molecule has 4 rings (SSSR count). The second kappa shape index (κ2) is 12.7. The predicted molar refractivity (Wildman–Crippen MR) is 141 cm³/mol. The maximum Gasteiger partial charge on any atom is 0.167 e. The maximum absolute atomic E-state index is 10.8. The number of nitrogens with zero attached hydrogens (tertiary/aromatic N) is 3. The topological polar surface area (TPSA) is 68.1 Å². The van der Waals surface area contributed by atoms with Gasteiger partial charge >= 0.3 is 0 Å². The molecule has 180 valence electrons. The largest absolute Gasteiger partial charge is 0.507 e. The molecule has 5 nitrogen and oxygen atoms in total. The van der Waals surface area contributed by atoms with E-state index >= 15 is 0 Å². The van der Waals surface area contributed by atoms with Crippen LogP contribution in [0.2, 0.25) is 0 Å². The Morgan fingerprint density at radius 2 is 1.17 bits per heavy atom. The van der Waals surface area contributed by atoms with Crippen LogP contribution in [-0.4, -0.2) is 26.7 Å². The predicted octanol–water partition coefficient (Wildman–Crippen LogP) is 7.71. The number of hydrogen-bond donors (Lipinski definition) is 1. The van der Waals surface area contributed by atoms with Crippen LogP contribution in [0, 0.1) is 0 Å². The van der Waals surface area contributed by atoms with Gasteiger partial charge in [-0.2, -0.15) is 0 Å². The Kier molecular flexibility index (Phi) is 8.82. The highest BCUT2D eigenvalue weighted by atomic mass is 16.5. The zero-order chi connectivity index (χ0) is 24.3. The molecule has 0 fully saturated rings. The van der Waals surface area contributed by atoms with Gasteiger partial charge in [0.1, 0.15) is 11.5 Å². The van der Waals surface area contributed by atoms with Crippen LogP contribution < -0.4 is 4.74 Å². The molecule has 5 heteroatoms. The van der Waals surface area contributed by atoms with Crippen molar-refractivity contribution in [3.05, 3.63) is 78.9 Å². The molecule has 3 aromatic carbocycles. The van der Waals surface area contributed by atoms with Gasteiger partial charge in [-0.15, -0.1) is 0 Å². The van der Waals surface area contributed by atoms with Crippen molar-refractivity contribution in [2.45, 2.75) is 51.9 Å². The highest BCUT2D eigenvalue weighted by Crippen LogP contribution is 2.32. The van der Waals surface area contributed by atoms with E-state index in [-0.39, 0.29) is 5.75 Å². The van der Waals surface area contributed by atoms with E-state index in [2.05, 4.69) is 16.9 Å². The van der Waals surface area contributed by atoms with Crippen LogP contribution in [0.15, 0.2) is 78.9 Å². The Hall–Kier alpha value is -3.73. The number of hydrogen-bond acceptors (Lipinski definition) is 5. The molecule has 0 atom stereocenters. The highest BCUT2D eigenvalue weighted by Gasteiger charge is 2.15. The van der Waals surface area contributed by atoms with Crippen molar-refractivity contribution in [3.8, 4) is 45.7 Å². The molecule has 1 heterocycles. The smallest absolute Gasteiger partial charge is 0.167 e. The van der Waals surface area contributed by atoms with E-state index < -0.39 is 0 Å². The molecule has 4 aromatic rings. The van der Waals surface area contributed by atoms with Gasteiger partial charge in [-0.3, -0.25) is 0 Å². The van der Waals surface area contributed by atoms with Crippen molar-refractivity contribution in [3.63, 3.8) is 0 Å². The first-order chi connectivity index (χ1) is 17.2. The fourth-order valence-electron chi connectivity index (χ4n) is 3.97. The molecule has 0 spiro atoms. The summed E-state index contributed by atoms with van der Waals surface area (Å²) in [5.74, 6) is 2.29. The maximum atomic E-state index is 10.8. The fraction of sp³-hybridized carbons (Fsp3) is 0.300. The first kappa shape index (κ1) is 24.4. The fourth-order valence-corrected chi connectivity index (χ4v) is 3.97. The van der Waals surface area contributed by atoms with E-state index in [0.717, 1.165) is 17.5 Å². The molecule has 0 aliphatic rings. The molecule has 0 radical (unpaired) electrons. The van der Waals surface area contributed by atoms with Gasteiger partial charge in [0.15, 0.2) is 17.5 Å². The van der Waals surface area contributed by atoms with Gasteiger partial charge < -0.3 is 9.84 Å². The lowest BCUT2D eigenvalue weighted by Crippen LogP contribution is -2.01. The molecule has 0 unspecified atom stereocenters. The zero-order valence-corrected chi connectivity index (χ0v) is 20.4. The molecule has 0 bridgehead atoms. The van der Waals surface area contributed by atoms with Crippen LogP contribution in [0.25, 0.3) is 34.2 Å². The third kappa shape index (κ3) is 6.89. The molecule has 1 N–H and O–H groups in total. The molecular formula is C30H33N3O2. The van der Waals surface area contributed by atoms with Gasteiger partial charge in [-0.1, -0.05) is 106 Å². The third-order valence-corrected chi connectivity index (χ3v) is 5.93. The number of unbranched alkanes of at least 4 members (excludes halogenated alkanes) is 6. The standard InChI is InChI=1S/C30H33N3O2/c1-2-3-4-5-6-7-14-21-35-25-19-20-26(27(34)22-25)30-32-28(23-15-10-8-11-16-23)31-29(33-30)24-17-12-9-13-18-24/h8-13,15-20,22,34H,2-7,14,21H2,1H3. The number of phenols is 1. The van der Waals surface area contributed by atoms with Crippen molar-refractivity contribution in [1.29, 1.82) is 0 Å². The van der Waals surface area contributed by atoms with E-state index in [4.69, 9.17) is 9.72 Å². The SMILES string of the molecule is CCCCCCCCCOc1ccc(-c2nc(-c3ccccc3)nc(-c3ccccc3)n2)c(O)c1. The Bertz CT molecular complexity index is 1140. The minimum Gasteiger partial charge on any atom is -0.507 e.